The number of hydrogen-bond acceptors (Lipinski definition) is 4. The number of carbonyl (C=O) groups is 2. The first-order valence-electron chi connectivity index (χ1n) is 6.53. The van der Waals surface area contributed by atoms with E-state index in [0.717, 1.165) is 25.9 Å². The molecule has 2 aliphatic rings. The first kappa shape index (κ1) is 13.3. The van der Waals surface area contributed by atoms with E-state index in [4.69, 9.17) is 0 Å². The van der Waals surface area contributed by atoms with Crippen LogP contribution in [0.3, 0.4) is 0 Å². The standard InChI is InChI=1S/C12H22N4O2/c1-15(2)8-9-4-3-5-16(9)12(18)10-6-14-11(17)7-13-10/h9-10,13H,3-8H2,1-2H3,(H,14,17). The number of piperazine rings is 1. The van der Waals surface area contributed by atoms with Gasteiger partial charge in [0.1, 0.15) is 6.04 Å². The van der Waals surface area contributed by atoms with Crippen molar-refractivity contribution in [2.75, 3.05) is 40.3 Å². The molecule has 0 bridgehead atoms. The van der Waals surface area contributed by atoms with Gasteiger partial charge in [0.05, 0.1) is 6.54 Å². The van der Waals surface area contributed by atoms with Crippen LogP contribution in [-0.2, 0) is 9.59 Å². The Hall–Kier alpha value is -1.14. The second-order valence-corrected chi connectivity index (χ2v) is 5.33. The van der Waals surface area contributed by atoms with Crippen molar-refractivity contribution < 1.29 is 9.59 Å². The molecular formula is C12H22N4O2. The minimum atomic E-state index is -0.259. The minimum absolute atomic E-state index is 0.0367. The number of amides is 2. The highest BCUT2D eigenvalue weighted by Gasteiger charge is 2.34. The number of nitrogens with one attached hydrogen (secondary N) is 2. The largest absolute Gasteiger partial charge is 0.353 e. The van der Waals surface area contributed by atoms with Crippen molar-refractivity contribution in [3.8, 4) is 0 Å². The topological polar surface area (TPSA) is 64.7 Å². The van der Waals surface area contributed by atoms with Gasteiger partial charge in [-0.2, -0.15) is 0 Å². The molecule has 2 aliphatic heterocycles. The molecule has 6 nitrogen and oxygen atoms in total. The fourth-order valence-electron chi connectivity index (χ4n) is 2.68. The van der Waals surface area contributed by atoms with Crippen molar-refractivity contribution in [3.05, 3.63) is 0 Å². The average molecular weight is 254 g/mol. The van der Waals surface area contributed by atoms with E-state index in [2.05, 4.69) is 15.5 Å². The van der Waals surface area contributed by atoms with E-state index < -0.39 is 0 Å². The highest BCUT2D eigenvalue weighted by molar-refractivity contribution is 5.87. The van der Waals surface area contributed by atoms with E-state index in [1.807, 2.05) is 19.0 Å². The third kappa shape index (κ3) is 3.00. The molecule has 2 heterocycles. The summed E-state index contributed by atoms with van der Waals surface area (Å²) in [5.41, 5.74) is 0. The summed E-state index contributed by atoms with van der Waals surface area (Å²) in [5, 5.41) is 5.74. The highest BCUT2D eigenvalue weighted by atomic mass is 16.2. The molecule has 6 heteroatoms. The molecule has 2 unspecified atom stereocenters. The van der Waals surface area contributed by atoms with Crippen molar-refractivity contribution in [3.63, 3.8) is 0 Å². The summed E-state index contributed by atoms with van der Waals surface area (Å²) in [6, 6.07) is 0.0531. The van der Waals surface area contributed by atoms with Crippen molar-refractivity contribution in [1.82, 2.24) is 20.4 Å². The number of rotatable bonds is 3. The molecule has 2 atom stereocenters. The predicted molar refractivity (Wildman–Crippen MR) is 68.1 cm³/mol. The van der Waals surface area contributed by atoms with Crippen LogP contribution < -0.4 is 10.6 Å². The number of carbonyl (C=O) groups excluding carboxylic acids is 2. The number of likely N-dealkylation sites (tertiary alicyclic amines) is 1. The van der Waals surface area contributed by atoms with Crippen LogP contribution in [0.25, 0.3) is 0 Å². The first-order valence-corrected chi connectivity index (χ1v) is 6.53. The molecule has 0 radical (unpaired) electrons. The van der Waals surface area contributed by atoms with Crippen molar-refractivity contribution in [2.24, 2.45) is 0 Å². The van der Waals surface area contributed by atoms with Gasteiger partial charge in [-0.25, -0.2) is 0 Å². The molecule has 0 aromatic heterocycles. The van der Waals surface area contributed by atoms with E-state index in [1.54, 1.807) is 0 Å². The molecule has 18 heavy (non-hydrogen) atoms. The molecule has 0 spiro atoms. The van der Waals surface area contributed by atoms with Gasteiger partial charge in [-0.3, -0.25) is 14.9 Å². The van der Waals surface area contributed by atoms with Crippen molar-refractivity contribution >= 4 is 11.8 Å². The highest BCUT2D eigenvalue weighted by Crippen LogP contribution is 2.19. The number of hydrogen-bond donors (Lipinski definition) is 2. The fraction of sp³-hybridized carbons (Fsp3) is 0.833. The maximum Gasteiger partial charge on any atom is 0.241 e. The molecule has 102 valence electrons. The van der Waals surface area contributed by atoms with E-state index in [9.17, 15) is 9.59 Å². The molecule has 2 amide bonds. The monoisotopic (exact) mass is 254 g/mol. The average Bonchev–Trinajstić information content (AvgIpc) is 2.76. The Kier molecular flexibility index (Phi) is 4.19. The van der Waals surface area contributed by atoms with Crippen LogP contribution in [0.15, 0.2) is 0 Å². The molecule has 0 aromatic carbocycles. The van der Waals surface area contributed by atoms with Gasteiger partial charge in [0.2, 0.25) is 11.8 Å². The Bertz CT molecular complexity index is 322. The molecule has 2 saturated heterocycles. The third-order valence-corrected chi connectivity index (χ3v) is 3.55. The van der Waals surface area contributed by atoms with Crippen LogP contribution in [-0.4, -0.2) is 74.0 Å². The molecule has 2 rings (SSSR count). The second kappa shape index (κ2) is 5.67. The van der Waals surface area contributed by atoms with Gasteiger partial charge < -0.3 is 15.1 Å². The molecular weight excluding hydrogens is 232 g/mol. The van der Waals surface area contributed by atoms with Crippen molar-refractivity contribution in [2.45, 2.75) is 24.9 Å². The second-order valence-electron chi connectivity index (χ2n) is 5.33. The van der Waals surface area contributed by atoms with Crippen molar-refractivity contribution in [1.29, 1.82) is 0 Å². The van der Waals surface area contributed by atoms with Gasteiger partial charge in [-0.15, -0.1) is 0 Å². The van der Waals surface area contributed by atoms with Gasteiger partial charge in [0.25, 0.3) is 0 Å². The summed E-state index contributed by atoms with van der Waals surface area (Å²) in [5.74, 6) is 0.0877. The summed E-state index contributed by atoms with van der Waals surface area (Å²) >= 11 is 0. The zero-order valence-electron chi connectivity index (χ0n) is 11.1. The molecule has 0 aromatic rings. The van der Waals surface area contributed by atoms with E-state index >= 15 is 0 Å². The van der Waals surface area contributed by atoms with Gasteiger partial charge in [0, 0.05) is 25.7 Å². The Labute approximate surface area is 108 Å². The minimum Gasteiger partial charge on any atom is -0.353 e. The van der Waals surface area contributed by atoms with E-state index in [1.165, 1.54) is 0 Å². The lowest BCUT2D eigenvalue weighted by molar-refractivity contribution is -0.135. The lowest BCUT2D eigenvalue weighted by Crippen LogP contribution is -2.59. The van der Waals surface area contributed by atoms with Crippen LogP contribution in [0.1, 0.15) is 12.8 Å². The maximum absolute atomic E-state index is 12.4. The summed E-state index contributed by atoms with van der Waals surface area (Å²) in [6.45, 7) is 2.39. The smallest absolute Gasteiger partial charge is 0.241 e. The number of nitrogens with zero attached hydrogens (tertiary/aromatic N) is 2. The molecule has 2 N–H and O–H groups in total. The molecule has 0 aliphatic carbocycles. The fourth-order valence-corrected chi connectivity index (χ4v) is 2.68. The Morgan fingerprint density at radius 1 is 1.50 bits per heavy atom. The summed E-state index contributed by atoms with van der Waals surface area (Å²) in [4.78, 5) is 27.5. The van der Waals surface area contributed by atoms with Gasteiger partial charge in [-0.1, -0.05) is 0 Å². The zero-order chi connectivity index (χ0) is 13.1. The zero-order valence-corrected chi connectivity index (χ0v) is 11.1. The summed E-state index contributed by atoms with van der Waals surface area (Å²) in [7, 11) is 4.06. The lowest BCUT2D eigenvalue weighted by atomic mass is 10.1. The Balaban J connectivity index is 1.93. The van der Waals surface area contributed by atoms with Crippen LogP contribution in [0, 0.1) is 0 Å². The van der Waals surface area contributed by atoms with Gasteiger partial charge >= 0.3 is 0 Å². The van der Waals surface area contributed by atoms with Crippen LogP contribution in [0.5, 0.6) is 0 Å². The molecule has 2 fully saturated rings. The summed E-state index contributed by atoms with van der Waals surface area (Å²) in [6.07, 6.45) is 2.15. The van der Waals surface area contributed by atoms with Crippen LogP contribution in [0.4, 0.5) is 0 Å². The molecule has 0 saturated carbocycles. The SMILES string of the molecule is CN(C)CC1CCCN1C(=O)C1CNC(=O)CN1. The lowest BCUT2D eigenvalue weighted by Gasteiger charge is -2.32. The van der Waals surface area contributed by atoms with E-state index in [0.29, 0.717) is 12.6 Å². The first-order chi connectivity index (χ1) is 8.58. The Morgan fingerprint density at radius 3 is 2.89 bits per heavy atom. The number of likely N-dealkylation sites (N-methyl/N-ethyl adjacent to an activating group) is 1. The normalized spacial score (nSPS) is 28.6. The maximum atomic E-state index is 12.4. The van der Waals surface area contributed by atoms with Gasteiger partial charge in [0.15, 0.2) is 0 Å². The Morgan fingerprint density at radius 2 is 2.28 bits per heavy atom. The third-order valence-electron chi connectivity index (χ3n) is 3.55. The van der Waals surface area contributed by atoms with E-state index in [-0.39, 0.29) is 24.4 Å². The van der Waals surface area contributed by atoms with Crippen LogP contribution >= 0.6 is 0 Å². The van der Waals surface area contributed by atoms with Crippen LogP contribution in [0.2, 0.25) is 0 Å². The van der Waals surface area contributed by atoms with Gasteiger partial charge in [-0.05, 0) is 26.9 Å². The quantitative estimate of drug-likeness (QED) is 0.652. The predicted octanol–water partition coefficient (Wildman–Crippen LogP) is -1.37. The summed E-state index contributed by atoms with van der Waals surface area (Å²) < 4.78 is 0.